The molecule has 5 heterocycles. The average molecular weight is 560 g/mol. The van der Waals surface area contributed by atoms with E-state index in [2.05, 4.69) is 43.9 Å². The molecule has 6 rings (SSSR count). The molecular weight excluding hydrogens is 530 g/mol. The van der Waals surface area contributed by atoms with E-state index in [1.54, 1.807) is 30.3 Å². The zero-order chi connectivity index (χ0) is 28.1. The molecule has 0 saturated heterocycles. The number of benzene rings is 1. The van der Waals surface area contributed by atoms with Crippen LogP contribution in [0.4, 0.5) is 5.82 Å². The van der Waals surface area contributed by atoms with E-state index < -0.39 is 15.9 Å². The van der Waals surface area contributed by atoms with Crippen LogP contribution in [0.1, 0.15) is 47.6 Å². The number of hydrogen-bond acceptors (Lipinski definition) is 8. The molecule has 3 aromatic heterocycles. The number of methoxy groups -OCH3 is 1. The molecule has 0 bridgehead atoms. The number of ether oxygens (including phenoxy) is 1. The van der Waals surface area contributed by atoms with Gasteiger partial charge >= 0.3 is 0 Å². The third-order valence-corrected chi connectivity index (χ3v) is 9.26. The molecule has 1 amide bonds. The van der Waals surface area contributed by atoms with E-state index in [1.165, 1.54) is 23.7 Å². The maximum atomic E-state index is 13.5. The van der Waals surface area contributed by atoms with Gasteiger partial charge in [-0.3, -0.25) is 4.79 Å². The second kappa shape index (κ2) is 9.79. The minimum atomic E-state index is -3.77. The molecule has 2 aliphatic heterocycles. The molecule has 12 heteroatoms. The van der Waals surface area contributed by atoms with Crippen molar-refractivity contribution in [1.29, 1.82) is 0 Å². The van der Waals surface area contributed by atoms with Crippen LogP contribution in [-0.4, -0.2) is 57.0 Å². The van der Waals surface area contributed by atoms with Gasteiger partial charge in [-0.05, 0) is 74.2 Å². The summed E-state index contributed by atoms with van der Waals surface area (Å²) in [7, 11) is -2.27. The third kappa shape index (κ3) is 4.52. The van der Waals surface area contributed by atoms with Gasteiger partial charge in [0.05, 0.1) is 12.7 Å². The minimum Gasteiger partial charge on any atom is -0.496 e. The van der Waals surface area contributed by atoms with E-state index >= 15 is 0 Å². The monoisotopic (exact) mass is 559 g/mol. The van der Waals surface area contributed by atoms with Crippen LogP contribution in [0.5, 0.6) is 5.75 Å². The molecule has 4 aromatic rings. The Hall–Kier alpha value is -4.16. The van der Waals surface area contributed by atoms with Crippen LogP contribution in [0.2, 0.25) is 0 Å². The van der Waals surface area contributed by atoms with Crippen LogP contribution in [0.3, 0.4) is 0 Å². The largest absolute Gasteiger partial charge is 0.496 e. The van der Waals surface area contributed by atoms with E-state index in [0.29, 0.717) is 36.1 Å². The number of rotatable bonds is 6. The van der Waals surface area contributed by atoms with Crippen molar-refractivity contribution in [2.45, 2.75) is 50.2 Å². The summed E-state index contributed by atoms with van der Waals surface area (Å²) in [4.78, 5) is 22.1. The first-order valence-corrected chi connectivity index (χ1v) is 14.5. The molecule has 2 aliphatic rings. The molecular formula is C28H29N7O4S. The summed E-state index contributed by atoms with van der Waals surface area (Å²) in [5, 5.41) is 11.6. The number of aryl methyl sites for hydroxylation is 1. The number of nitrogens with one attached hydrogen (secondary N) is 1. The van der Waals surface area contributed by atoms with Crippen molar-refractivity contribution in [3.8, 4) is 17.3 Å². The number of nitrogens with zero attached hydrogens (tertiary/aromatic N) is 6. The molecule has 0 atom stereocenters. The highest BCUT2D eigenvalue weighted by Crippen LogP contribution is 2.35. The van der Waals surface area contributed by atoms with Gasteiger partial charge in [-0.2, -0.15) is 4.31 Å². The predicted molar refractivity (Wildman–Crippen MR) is 147 cm³/mol. The van der Waals surface area contributed by atoms with Gasteiger partial charge in [0.2, 0.25) is 0 Å². The molecule has 0 saturated carbocycles. The molecule has 1 N–H and O–H groups in total. The number of fused-ring (bicyclic) bond motifs is 2. The smallest absolute Gasteiger partial charge is 0.260 e. The Morgan fingerprint density at radius 1 is 1.05 bits per heavy atom. The molecule has 1 aromatic carbocycles. The van der Waals surface area contributed by atoms with E-state index in [9.17, 15) is 13.2 Å². The summed E-state index contributed by atoms with van der Waals surface area (Å²) < 4.78 is 35.4. The van der Waals surface area contributed by atoms with E-state index in [1.807, 2.05) is 12.1 Å². The van der Waals surface area contributed by atoms with Gasteiger partial charge in [-0.1, -0.05) is 12.1 Å². The molecule has 206 valence electrons. The van der Waals surface area contributed by atoms with Gasteiger partial charge < -0.3 is 14.6 Å². The lowest BCUT2D eigenvalue weighted by molar-refractivity contribution is 0.102. The van der Waals surface area contributed by atoms with Crippen molar-refractivity contribution in [3.63, 3.8) is 0 Å². The van der Waals surface area contributed by atoms with Crippen molar-refractivity contribution in [2.75, 3.05) is 19.0 Å². The second-order valence-corrected chi connectivity index (χ2v) is 12.4. The van der Waals surface area contributed by atoms with Crippen LogP contribution < -0.4 is 10.1 Å². The SMILES string of the molecule is COc1cc2c(cc1C(=O)Nc1cccc(-c3nnc4n3C(C)(C)CC4)n1)CN(S(=O)(=O)c1ccccn1)CC2. The number of carbonyl (C=O) groups excluding carboxylic acids is 1. The fourth-order valence-corrected chi connectivity index (χ4v) is 6.72. The summed E-state index contributed by atoms with van der Waals surface area (Å²) in [5.41, 5.74) is 2.45. The molecule has 40 heavy (non-hydrogen) atoms. The lowest BCUT2D eigenvalue weighted by atomic mass is 9.97. The Kier molecular flexibility index (Phi) is 6.38. The van der Waals surface area contributed by atoms with Crippen LogP contribution in [0, 0.1) is 0 Å². The lowest BCUT2D eigenvalue weighted by Gasteiger charge is -2.28. The van der Waals surface area contributed by atoms with Gasteiger partial charge in [0.25, 0.3) is 15.9 Å². The molecule has 11 nitrogen and oxygen atoms in total. The Bertz CT molecular complexity index is 1720. The number of aromatic nitrogens is 5. The van der Waals surface area contributed by atoms with Gasteiger partial charge in [0.1, 0.15) is 23.1 Å². The number of anilines is 1. The Morgan fingerprint density at radius 3 is 2.67 bits per heavy atom. The summed E-state index contributed by atoms with van der Waals surface area (Å²) >= 11 is 0. The van der Waals surface area contributed by atoms with Crippen molar-refractivity contribution in [1.82, 2.24) is 29.0 Å². The standard InChI is InChI=1S/C28H29N7O4S/c1-28(2)12-10-24-32-33-26(35(24)28)21-7-6-8-23(30-21)31-27(36)20-15-19-17-34(14-11-18(19)16-22(20)39-3)40(37,38)25-9-4-5-13-29-25/h4-9,13,15-16H,10-12,14,17H2,1-3H3,(H,30,31,36). The minimum absolute atomic E-state index is 0.00223. The van der Waals surface area contributed by atoms with Crippen molar-refractivity contribution in [3.05, 3.63) is 77.2 Å². The Morgan fingerprint density at radius 2 is 1.90 bits per heavy atom. The molecule has 0 radical (unpaired) electrons. The molecule has 0 unspecified atom stereocenters. The number of sulfonamides is 1. The van der Waals surface area contributed by atoms with Crippen LogP contribution >= 0.6 is 0 Å². The van der Waals surface area contributed by atoms with Crippen molar-refractivity contribution in [2.24, 2.45) is 0 Å². The fraction of sp³-hybridized carbons (Fsp3) is 0.321. The summed E-state index contributed by atoms with van der Waals surface area (Å²) in [6.45, 7) is 4.72. The zero-order valence-corrected chi connectivity index (χ0v) is 23.3. The van der Waals surface area contributed by atoms with E-state index in [0.717, 1.165) is 29.8 Å². The second-order valence-electron chi connectivity index (χ2n) is 10.5. The van der Waals surface area contributed by atoms with Gasteiger partial charge in [0.15, 0.2) is 10.9 Å². The highest BCUT2D eigenvalue weighted by Gasteiger charge is 2.34. The fourth-order valence-electron chi connectivity index (χ4n) is 5.37. The van der Waals surface area contributed by atoms with Gasteiger partial charge in [-0.25, -0.2) is 18.4 Å². The van der Waals surface area contributed by atoms with Crippen molar-refractivity contribution >= 4 is 21.7 Å². The van der Waals surface area contributed by atoms with Gasteiger partial charge in [-0.15, -0.1) is 10.2 Å². The van der Waals surface area contributed by atoms with Gasteiger partial charge in [0, 0.05) is 31.2 Å². The number of carbonyl (C=O) groups is 1. The quantitative estimate of drug-likeness (QED) is 0.380. The first-order chi connectivity index (χ1) is 19.2. The predicted octanol–water partition coefficient (Wildman–Crippen LogP) is 3.42. The normalized spacial score (nSPS) is 16.3. The number of hydrogen-bond donors (Lipinski definition) is 1. The van der Waals surface area contributed by atoms with Crippen LogP contribution in [-0.2, 0) is 34.9 Å². The highest BCUT2D eigenvalue weighted by atomic mass is 32.2. The Labute approximate surface area is 232 Å². The maximum Gasteiger partial charge on any atom is 0.260 e. The molecule has 0 spiro atoms. The van der Waals surface area contributed by atoms with E-state index in [4.69, 9.17) is 4.74 Å². The molecule has 0 fully saturated rings. The summed E-state index contributed by atoms with van der Waals surface area (Å²) in [6, 6.07) is 13.7. The lowest BCUT2D eigenvalue weighted by Crippen LogP contribution is -2.36. The highest BCUT2D eigenvalue weighted by molar-refractivity contribution is 7.89. The van der Waals surface area contributed by atoms with E-state index in [-0.39, 0.29) is 22.7 Å². The van der Waals surface area contributed by atoms with Crippen molar-refractivity contribution < 1.29 is 17.9 Å². The first kappa shape index (κ1) is 26.1. The summed E-state index contributed by atoms with van der Waals surface area (Å²) in [6.07, 6.45) is 3.77. The topological polar surface area (TPSA) is 132 Å². The third-order valence-electron chi connectivity index (χ3n) is 7.50. The number of amides is 1. The zero-order valence-electron chi connectivity index (χ0n) is 22.5. The average Bonchev–Trinajstić information content (AvgIpc) is 3.53. The summed E-state index contributed by atoms with van der Waals surface area (Å²) in [5.74, 6) is 1.93. The number of pyridine rings is 2. The molecule has 0 aliphatic carbocycles. The van der Waals surface area contributed by atoms with Crippen LogP contribution in [0.25, 0.3) is 11.5 Å². The Balaban J connectivity index is 1.27. The maximum absolute atomic E-state index is 13.5. The first-order valence-electron chi connectivity index (χ1n) is 13.0. The van der Waals surface area contributed by atoms with Crippen LogP contribution in [0.15, 0.2) is 59.8 Å².